The number of aromatic nitrogens is 2. The predicted octanol–water partition coefficient (Wildman–Crippen LogP) is 2.26. The summed E-state index contributed by atoms with van der Waals surface area (Å²) in [6.07, 6.45) is 11.1. The van der Waals surface area contributed by atoms with Crippen LogP contribution in [-0.4, -0.2) is 22.1 Å². The van der Waals surface area contributed by atoms with Gasteiger partial charge in [0.15, 0.2) is 0 Å². The van der Waals surface area contributed by atoms with Gasteiger partial charge < -0.3 is 9.88 Å². The fourth-order valence-electron chi connectivity index (χ4n) is 1.89. The highest BCUT2D eigenvalue weighted by Gasteiger charge is 2.11. The minimum absolute atomic E-state index is 0. The summed E-state index contributed by atoms with van der Waals surface area (Å²) in [6.45, 7) is 2.30. The zero-order valence-corrected chi connectivity index (χ0v) is 10.4. The van der Waals surface area contributed by atoms with Gasteiger partial charge in [-0.2, -0.15) is 0 Å². The molecule has 88 valence electrons. The second kappa shape index (κ2) is 7.97. The van der Waals surface area contributed by atoms with E-state index in [2.05, 4.69) is 14.9 Å². The maximum atomic E-state index is 4.03. The molecule has 1 aromatic heterocycles. The molecule has 0 radical (unpaired) electrons. The van der Waals surface area contributed by atoms with E-state index in [-0.39, 0.29) is 24.8 Å². The molecule has 1 fully saturated rings. The van der Waals surface area contributed by atoms with E-state index in [0.717, 1.165) is 12.6 Å². The SMILES string of the molecule is Cl.Cl.c1cn(CCC2CCCCN2)cn1. The molecule has 1 aliphatic heterocycles. The first kappa shape index (κ1) is 14.8. The highest BCUT2D eigenvalue weighted by molar-refractivity contribution is 5.85. The number of imidazole rings is 1. The smallest absolute Gasteiger partial charge is 0.0945 e. The highest BCUT2D eigenvalue weighted by atomic mass is 35.5. The fraction of sp³-hybridized carbons (Fsp3) is 0.700. The first-order chi connectivity index (χ1) is 6.45. The van der Waals surface area contributed by atoms with E-state index in [9.17, 15) is 0 Å². The molecule has 0 bridgehead atoms. The monoisotopic (exact) mass is 251 g/mol. The van der Waals surface area contributed by atoms with Gasteiger partial charge in [-0.25, -0.2) is 4.98 Å². The van der Waals surface area contributed by atoms with Crippen molar-refractivity contribution in [1.82, 2.24) is 14.9 Å². The van der Waals surface area contributed by atoms with Crippen molar-refractivity contribution in [1.29, 1.82) is 0 Å². The molecule has 1 unspecified atom stereocenters. The fourth-order valence-corrected chi connectivity index (χ4v) is 1.89. The first-order valence-electron chi connectivity index (χ1n) is 5.14. The van der Waals surface area contributed by atoms with Crippen LogP contribution in [0.3, 0.4) is 0 Å². The number of aryl methyl sites for hydroxylation is 1. The summed E-state index contributed by atoms with van der Waals surface area (Å²) in [6, 6.07) is 0.733. The summed E-state index contributed by atoms with van der Waals surface area (Å²) in [7, 11) is 0. The molecule has 2 heterocycles. The van der Waals surface area contributed by atoms with Crippen molar-refractivity contribution in [3.05, 3.63) is 18.7 Å². The summed E-state index contributed by atoms with van der Waals surface area (Å²) in [5, 5.41) is 3.55. The Morgan fingerprint density at radius 2 is 2.20 bits per heavy atom. The summed E-state index contributed by atoms with van der Waals surface area (Å²) in [5.41, 5.74) is 0. The Labute approximate surface area is 103 Å². The second-order valence-corrected chi connectivity index (χ2v) is 3.74. The normalized spacial score (nSPS) is 20.1. The molecule has 1 aromatic rings. The lowest BCUT2D eigenvalue weighted by molar-refractivity contribution is 0.366. The van der Waals surface area contributed by atoms with Crippen molar-refractivity contribution in [2.75, 3.05) is 6.54 Å². The summed E-state index contributed by atoms with van der Waals surface area (Å²) >= 11 is 0. The lowest BCUT2D eigenvalue weighted by Crippen LogP contribution is -2.34. The van der Waals surface area contributed by atoms with E-state index in [1.165, 1.54) is 32.2 Å². The van der Waals surface area contributed by atoms with Crippen molar-refractivity contribution < 1.29 is 0 Å². The molecule has 0 spiro atoms. The number of rotatable bonds is 3. The standard InChI is InChI=1S/C10H17N3.2ClH/c1-2-5-12-10(3-1)4-7-13-8-6-11-9-13;;/h6,8-10,12H,1-5,7H2;2*1H. The van der Waals surface area contributed by atoms with Gasteiger partial charge in [0.05, 0.1) is 6.33 Å². The number of hydrogen-bond donors (Lipinski definition) is 1. The lowest BCUT2D eigenvalue weighted by Gasteiger charge is -2.23. The van der Waals surface area contributed by atoms with Gasteiger partial charge in [-0.05, 0) is 25.8 Å². The van der Waals surface area contributed by atoms with Crippen molar-refractivity contribution in [2.45, 2.75) is 38.3 Å². The second-order valence-electron chi connectivity index (χ2n) is 3.74. The van der Waals surface area contributed by atoms with Gasteiger partial charge in [0, 0.05) is 25.0 Å². The van der Waals surface area contributed by atoms with Gasteiger partial charge in [0.1, 0.15) is 0 Å². The van der Waals surface area contributed by atoms with Crippen LogP contribution in [0, 0.1) is 0 Å². The maximum Gasteiger partial charge on any atom is 0.0945 e. The third-order valence-electron chi connectivity index (χ3n) is 2.71. The largest absolute Gasteiger partial charge is 0.337 e. The van der Waals surface area contributed by atoms with Crippen molar-refractivity contribution in [3.63, 3.8) is 0 Å². The molecule has 15 heavy (non-hydrogen) atoms. The Bertz CT molecular complexity index is 233. The van der Waals surface area contributed by atoms with Gasteiger partial charge in [0.2, 0.25) is 0 Å². The Morgan fingerprint density at radius 3 is 2.80 bits per heavy atom. The van der Waals surface area contributed by atoms with Gasteiger partial charge >= 0.3 is 0 Å². The van der Waals surface area contributed by atoms with Gasteiger partial charge in [0.25, 0.3) is 0 Å². The Balaban J connectivity index is 0.000000980. The van der Waals surface area contributed by atoms with Crippen LogP contribution in [0.4, 0.5) is 0 Å². The van der Waals surface area contributed by atoms with E-state index in [1.807, 2.05) is 18.7 Å². The van der Waals surface area contributed by atoms with E-state index >= 15 is 0 Å². The quantitative estimate of drug-likeness (QED) is 0.894. The number of nitrogens with zero attached hydrogens (tertiary/aromatic N) is 2. The van der Waals surface area contributed by atoms with Crippen LogP contribution in [0.5, 0.6) is 0 Å². The maximum absolute atomic E-state index is 4.03. The molecule has 5 heteroatoms. The molecule has 3 nitrogen and oxygen atoms in total. The van der Waals surface area contributed by atoms with Crippen LogP contribution in [0.25, 0.3) is 0 Å². The Morgan fingerprint density at radius 1 is 1.33 bits per heavy atom. The molecule has 0 aliphatic carbocycles. The van der Waals surface area contributed by atoms with E-state index in [0.29, 0.717) is 0 Å². The van der Waals surface area contributed by atoms with Crippen LogP contribution in [-0.2, 0) is 6.54 Å². The average Bonchev–Trinajstić information content (AvgIpc) is 2.69. The summed E-state index contributed by atoms with van der Waals surface area (Å²) < 4.78 is 2.15. The summed E-state index contributed by atoms with van der Waals surface area (Å²) in [5.74, 6) is 0. The van der Waals surface area contributed by atoms with Crippen LogP contribution in [0.1, 0.15) is 25.7 Å². The van der Waals surface area contributed by atoms with E-state index in [4.69, 9.17) is 0 Å². The first-order valence-corrected chi connectivity index (χ1v) is 5.14. The molecule has 1 saturated heterocycles. The number of piperidine rings is 1. The van der Waals surface area contributed by atoms with Gasteiger partial charge in [-0.3, -0.25) is 0 Å². The van der Waals surface area contributed by atoms with Crippen LogP contribution in [0.2, 0.25) is 0 Å². The Kier molecular flexibility index (Phi) is 7.83. The molecule has 0 aromatic carbocycles. The third kappa shape index (κ3) is 4.87. The van der Waals surface area contributed by atoms with E-state index in [1.54, 1.807) is 0 Å². The molecule has 1 atom stereocenters. The Hall–Kier alpha value is -0.250. The third-order valence-corrected chi connectivity index (χ3v) is 2.71. The molecule has 0 amide bonds. The number of nitrogens with one attached hydrogen (secondary N) is 1. The molecular weight excluding hydrogens is 233 g/mol. The zero-order valence-electron chi connectivity index (χ0n) is 8.76. The van der Waals surface area contributed by atoms with Gasteiger partial charge in [-0.1, -0.05) is 6.42 Å². The molecule has 0 saturated carbocycles. The number of hydrogen-bond acceptors (Lipinski definition) is 2. The van der Waals surface area contributed by atoms with Gasteiger partial charge in [-0.15, -0.1) is 24.8 Å². The van der Waals surface area contributed by atoms with Crippen molar-refractivity contribution in [2.24, 2.45) is 0 Å². The molecular formula is C10H19Cl2N3. The molecule has 2 rings (SSSR count). The zero-order chi connectivity index (χ0) is 8.93. The van der Waals surface area contributed by atoms with E-state index < -0.39 is 0 Å². The van der Waals surface area contributed by atoms with Crippen molar-refractivity contribution >= 4 is 24.8 Å². The topological polar surface area (TPSA) is 29.9 Å². The molecule has 1 N–H and O–H groups in total. The predicted molar refractivity (Wildman–Crippen MR) is 67.0 cm³/mol. The van der Waals surface area contributed by atoms with Crippen molar-refractivity contribution in [3.8, 4) is 0 Å². The molecule has 1 aliphatic rings. The average molecular weight is 252 g/mol. The minimum atomic E-state index is 0. The number of halogens is 2. The van der Waals surface area contributed by atoms with Crippen LogP contribution in [0.15, 0.2) is 18.7 Å². The lowest BCUT2D eigenvalue weighted by atomic mass is 10.0. The summed E-state index contributed by atoms with van der Waals surface area (Å²) in [4.78, 5) is 4.03. The van der Waals surface area contributed by atoms with Crippen LogP contribution < -0.4 is 5.32 Å². The highest BCUT2D eigenvalue weighted by Crippen LogP contribution is 2.10. The van der Waals surface area contributed by atoms with Crippen LogP contribution >= 0.6 is 24.8 Å². The minimum Gasteiger partial charge on any atom is -0.337 e.